The molecule has 0 aliphatic heterocycles. The van der Waals surface area contributed by atoms with Crippen LogP contribution in [0.5, 0.6) is 0 Å². The lowest BCUT2D eigenvalue weighted by Crippen LogP contribution is -2.14. The van der Waals surface area contributed by atoms with Gasteiger partial charge >= 0.3 is 24.2 Å². The van der Waals surface area contributed by atoms with Gasteiger partial charge < -0.3 is 9.47 Å². The van der Waals surface area contributed by atoms with Gasteiger partial charge in [-0.2, -0.15) is 0 Å². The highest BCUT2D eigenvalue weighted by Crippen LogP contribution is 2.16. The lowest BCUT2D eigenvalue weighted by molar-refractivity contribution is -0.452. The Morgan fingerprint density at radius 1 is 0.455 bits per heavy atom. The van der Waals surface area contributed by atoms with Gasteiger partial charge in [-0.05, 0) is 62.8 Å². The maximum Gasteiger partial charge on any atom is 0.543 e. The van der Waals surface area contributed by atoms with Gasteiger partial charge in [0.05, 0.1) is 34.4 Å². The average Bonchev–Trinajstić information content (AvgIpc) is 2.97. The molecule has 0 saturated heterocycles. The molecule has 12 nitrogen and oxygen atoms in total. The molecule has 0 aliphatic carbocycles. The number of carbonyl (C=O) groups excluding carboxylic acids is 4. The highest BCUT2D eigenvalue weighted by Gasteiger charge is 2.17. The largest absolute Gasteiger partial charge is 0.543 e. The molecule has 44 heavy (non-hydrogen) atoms. The van der Waals surface area contributed by atoms with Crippen molar-refractivity contribution in [3.8, 4) is 0 Å². The van der Waals surface area contributed by atoms with Crippen molar-refractivity contribution in [2.45, 2.75) is 91.9 Å². The molecule has 2 aromatic carbocycles. The van der Waals surface area contributed by atoms with E-state index in [1.54, 1.807) is 52.0 Å². The molecule has 0 heterocycles. The summed E-state index contributed by atoms with van der Waals surface area (Å²) in [5, 5.41) is 8.53. The lowest BCUT2D eigenvalue weighted by Gasteiger charge is -2.07. The monoisotopic (exact) mass is 618 g/mol. The van der Waals surface area contributed by atoms with Gasteiger partial charge in [0.1, 0.15) is 0 Å². The summed E-state index contributed by atoms with van der Waals surface area (Å²) in [6.07, 6.45) is 7.38. The van der Waals surface area contributed by atoms with Gasteiger partial charge in [-0.25, -0.2) is 29.0 Å². The SMILES string of the molecule is Cc1cccc(C)c1C(=O)OOOC(=O)OCCCCCCCCCCCCOC(=O)OOOC(=O)c1c(C)cccc1C. The Balaban J connectivity index is 1.34. The van der Waals surface area contributed by atoms with Gasteiger partial charge in [-0.3, -0.25) is 9.78 Å². The van der Waals surface area contributed by atoms with Crippen molar-refractivity contribution < 1.29 is 58.3 Å². The van der Waals surface area contributed by atoms with Crippen LogP contribution in [0, 0.1) is 27.7 Å². The molecule has 0 aromatic heterocycles. The Morgan fingerprint density at radius 3 is 1.07 bits per heavy atom. The Labute approximate surface area is 257 Å². The third-order valence-electron chi connectivity index (χ3n) is 6.77. The summed E-state index contributed by atoms with van der Waals surface area (Å²) in [7, 11) is 0. The van der Waals surface area contributed by atoms with E-state index >= 15 is 0 Å². The molecule has 0 unspecified atom stereocenters. The van der Waals surface area contributed by atoms with Gasteiger partial charge in [-0.1, -0.05) is 87.8 Å². The standard InChI is InChI=1S/C32H42O12/c1-23-17-15-18-24(2)27(23)29(33)39-43-41-31(35)37-21-13-11-9-7-5-6-8-10-12-14-22-38-32(36)42-44-40-30(34)28-25(3)19-16-20-26(28)4/h15-20H,5-14,21-22H2,1-4H3. The van der Waals surface area contributed by atoms with E-state index in [0.29, 0.717) is 46.2 Å². The second-order valence-electron chi connectivity index (χ2n) is 10.3. The van der Waals surface area contributed by atoms with Gasteiger partial charge in [0.25, 0.3) is 0 Å². The van der Waals surface area contributed by atoms with E-state index < -0.39 is 24.2 Å². The summed E-state index contributed by atoms with van der Waals surface area (Å²) in [6, 6.07) is 10.7. The van der Waals surface area contributed by atoms with Gasteiger partial charge in [0, 0.05) is 0 Å². The number of benzene rings is 2. The molecular formula is C32H42O12. The number of aryl methyl sites for hydroxylation is 4. The number of carbonyl (C=O) groups is 4. The molecule has 0 bridgehead atoms. The van der Waals surface area contributed by atoms with Crippen LogP contribution >= 0.6 is 0 Å². The fraction of sp³-hybridized carbons (Fsp3) is 0.500. The molecule has 2 rings (SSSR count). The first-order valence-corrected chi connectivity index (χ1v) is 14.8. The first-order chi connectivity index (χ1) is 21.2. The summed E-state index contributed by atoms with van der Waals surface area (Å²) in [4.78, 5) is 64.9. The van der Waals surface area contributed by atoms with Crippen LogP contribution in [0.3, 0.4) is 0 Å². The molecule has 0 saturated carbocycles. The van der Waals surface area contributed by atoms with E-state index in [9.17, 15) is 19.2 Å². The molecule has 0 N–H and O–H groups in total. The molecule has 0 spiro atoms. The van der Waals surface area contributed by atoms with E-state index in [0.717, 1.165) is 51.4 Å². The van der Waals surface area contributed by atoms with Crippen LogP contribution in [0.15, 0.2) is 36.4 Å². The minimum atomic E-state index is -1.08. The third kappa shape index (κ3) is 13.9. The minimum Gasteiger partial charge on any atom is -0.432 e. The van der Waals surface area contributed by atoms with Crippen LogP contribution in [-0.4, -0.2) is 37.5 Å². The first kappa shape index (κ1) is 36.0. The zero-order valence-corrected chi connectivity index (χ0v) is 25.8. The number of rotatable bonds is 19. The van der Waals surface area contributed by atoms with Gasteiger partial charge in [0.2, 0.25) is 0 Å². The number of hydrogen-bond donors (Lipinski definition) is 0. The second kappa shape index (κ2) is 20.7. The quantitative estimate of drug-likeness (QED) is 0.0655. The smallest absolute Gasteiger partial charge is 0.432 e. The van der Waals surface area contributed by atoms with Crippen molar-refractivity contribution in [2.24, 2.45) is 0 Å². The Morgan fingerprint density at radius 2 is 0.750 bits per heavy atom. The van der Waals surface area contributed by atoms with Gasteiger partial charge in [-0.15, -0.1) is 0 Å². The average molecular weight is 619 g/mol. The predicted molar refractivity (Wildman–Crippen MR) is 156 cm³/mol. The second-order valence-corrected chi connectivity index (χ2v) is 10.3. The maximum atomic E-state index is 12.1. The van der Waals surface area contributed by atoms with Crippen molar-refractivity contribution in [3.05, 3.63) is 69.8 Å². The summed E-state index contributed by atoms with van der Waals surface area (Å²) >= 11 is 0. The lowest BCUT2D eigenvalue weighted by atomic mass is 10.0. The topological polar surface area (TPSA) is 142 Å². The molecule has 0 amide bonds. The summed E-state index contributed by atoms with van der Waals surface area (Å²) < 4.78 is 9.79. The van der Waals surface area contributed by atoms with E-state index in [1.807, 2.05) is 12.1 Å². The van der Waals surface area contributed by atoms with Crippen molar-refractivity contribution in [2.75, 3.05) is 13.2 Å². The van der Waals surface area contributed by atoms with Crippen LogP contribution in [0.4, 0.5) is 9.59 Å². The molecular weight excluding hydrogens is 576 g/mol. The van der Waals surface area contributed by atoms with Crippen molar-refractivity contribution in [1.29, 1.82) is 0 Å². The van der Waals surface area contributed by atoms with E-state index in [2.05, 4.69) is 29.6 Å². The Bertz CT molecular complexity index is 1080. The Hall–Kier alpha value is -4.16. The zero-order chi connectivity index (χ0) is 32.2. The van der Waals surface area contributed by atoms with Crippen LogP contribution in [0.1, 0.15) is 107 Å². The summed E-state index contributed by atoms with van der Waals surface area (Å²) in [5.74, 6) is -1.52. The molecule has 0 atom stereocenters. The Kier molecular flexibility index (Phi) is 16.9. The van der Waals surface area contributed by atoms with E-state index in [1.165, 1.54) is 0 Å². The number of unbranched alkanes of at least 4 members (excludes halogenated alkanes) is 9. The van der Waals surface area contributed by atoms with Crippen LogP contribution < -0.4 is 0 Å². The molecule has 12 heteroatoms. The number of ether oxygens (including phenoxy) is 2. The molecule has 242 valence electrons. The predicted octanol–water partition coefficient (Wildman–Crippen LogP) is 7.83. The van der Waals surface area contributed by atoms with E-state index in [4.69, 9.17) is 9.47 Å². The molecule has 0 radical (unpaired) electrons. The molecule has 2 aromatic rings. The van der Waals surface area contributed by atoms with Crippen molar-refractivity contribution in [3.63, 3.8) is 0 Å². The zero-order valence-electron chi connectivity index (χ0n) is 25.8. The van der Waals surface area contributed by atoms with Crippen LogP contribution in [-0.2, 0) is 39.1 Å². The molecule has 0 fully saturated rings. The van der Waals surface area contributed by atoms with Crippen LogP contribution in [0.2, 0.25) is 0 Å². The summed E-state index contributed by atoms with van der Waals surface area (Å²) in [5.41, 5.74) is 3.55. The van der Waals surface area contributed by atoms with Crippen molar-refractivity contribution >= 4 is 24.2 Å². The fourth-order valence-corrected chi connectivity index (χ4v) is 4.49. The first-order valence-electron chi connectivity index (χ1n) is 14.8. The summed E-state index contributed by atoms with van der Waals surface area (Å²) in [6.45, 7) is 7.39. The number of hydrogen-bond acceptors (Lipinski definition) is 12. The van der Waals surface area contributed by atoms with Crippen molar-refractivity contribution in [1.82, 2.24) is 0 Å². The maximum absolute atomic E-state index is 12.1. The highest BCUT2D eigenvalue weighted by molar-refractivity contribution is 5.92. The highest BCUT2D eigenvalue weighted by atomic mass is 17.5. The minimum absolute atomic E-state index is 0.174. The fourth-order valence-electron chi connectivity index (χ4n) is 4.49. The molecule has 0 aliphatic rings. The third-order valence-corrected chi connectivity index (χ3v) is 6.77. The van der Waals surface area contributed by atoms with Gasteiger partial charge in [0.15, 0.2) is 0 Å². The van der Waals surface area contributed by atoms with E-state index in [-0.39, 0.29) is 13.2 Å². The normalized spacial score (nSPS) is 10.5. The van der Waals surface area contributed by atoms with Crippen LogP contribution in [0.25, 0.3) is 0 Å².